The molecule has 0 saturated carbocycles. The zero-order chi connectivity index (χ0) is 14.9. The lowest BCUT2D eigenvalue weighted by Gasteiger charge is -2.34. The van der Waals surface area contributed by atoms with E-state index >= 15 is 0 Å². The molecule has 0 aromatic carbocycles. The van der Waals surface area contributed by atoms with Crippen LogP contribution in [0.25, 0.3) is 0 Å². The van der Waals surface area contributed by atoms with Gasteiger partial charge in [0.2, 0.25) is 0 Å². The SMILES string of the molecule is CN(C)C1CCN(S(=O)(=O)c2scnc2C(=O)O)CC1. The molecule has 2 rings (SSSR count). The number of carboxylic acid groups (broad SMARTS) is 1. The van der Waals surface area contributed by atoms with Crippen LogP contribution < -0.4 is 0 Å². The second-order valence-electron chi connectivity index (χ2n) is 4.89. The Labute approximate surface area is 121 Å². The molecule has 20 heavy (non-hydrogen) atoms. The molecule has 0 atom stereocenters. The number of aromatic nitrogens is 1. The predicted octanol–water partition coefficient (Wildman–Crippen LogP) is 0.556. The van der Waals surface area contributed by atoms with E-state index in [4.69, 9.17) is 5.11 Å². The number of hydrogen-bond donors (Lipinski definition) is 1. The van der Waals surface area contributed by atoms with Gasteiger partial charge >= 0.3 is 5.97 Å². The van der Waals surface area contributed by atoms with Gasteiger partial charge in [0.25, 0.3) is 10.0 Å². The molecule has 7 nitrogen and oxygen atoms in total. The van der Waals surface area contributed by atoms with Gasteiger partial charge in [-0.05, 0) is 26.9 Å². The van der Waals surface area contributed by atoms with Gasteiger partial charge in [0.05, 0.1) is 5.51 Å². The molecule has 9 heteroatoms. The van der Waals surface area contributed by atoms with Gasteiger partial charge in [0.15, 0.2) is 9.90 Å². The molecule has 0 amide bonds. The van der Waals surface area contributed by atoms with Crippen molar-refractivity contribution in [1.82, 2.24) is 14.2 Å². The van der Waals surface area contributed by atoms with Gasteiger partial charge in [-0.15, -0.1) is 11.3 Å². The van der Waals surface area contributed by atoms with Gasteiger partial charge in [-0.3, -0.25) is 0 Å². The highest BCUT2D eigenvalue weighted by molar-refractivity contribution is 7.91. The van der Waals surface area contributed by atoms with Gasteiger partial charge in [0, 0.05) is 19.1 Å². The average molecular weight is 319 g/mol. The Hall–Kier alpha value is -1.03. The summed E-state index contributed by atoms with van der Waals surface area (Å²) in [6.07, 6.45) is 1.49. The molecule has 1 aliphatic heterocycles. The van der Waals surface area contributed by atoms with Crippen molar-refractivity contribution in [3.63, 3.8) is 0 Å². The summed E-state index contributed by atoms with van der Waals surface area (Å²) in [6.45, 7) is 0.810. The molecular weight excluding hydrogens is 302 g/mol. The van der Waals surface area contributed by atoms with Crippen LogP contribution in [-0.2, 0) is 10.0 Å². The summed E-state index contributed by atoms with van der Waals surface area (Å²) in [5.41, 5.74) is 0.868. The molecule has 112 valence electrons. The smallest absolute Gasteiger partial charge is 0.356 e. The van der Waals surface area contributed by atoms with Crippen LogP contribution in [0, 0.1) is 0 Å². The van der Waals surface area contributed by atoms with E-state index in [0.717, 1.165) is 24.2 Å². The number of thiazole rings is 1. The quantitative estimate of drug-likeness (QED) is 0.872. The Bertz CT molecular complexity index is 589. The molecule has 0 spiro atoms. The van der Waals surface area contributed by atoms with E-state index in [9.17, 15) is 13.2 Å². The Morgan fingerprint density at radius 2 is 2.05 bits per heavy atom. The number of carbonyl (C=O) groups is 1. The maximum Gasteiger partial charge on any atom is 0.356 e. The van der Waals surface area contributed by atoms with Crippen molar-refractivity contribution in [2.45, 2.75) is 23.1 Å². The summed E-state index contributed by atoms with van der Waals surface area (Å²) in [7, 11) is 0.192. The van der Waals surface area contributed by atoms with Gasteiger partial charge in [-0.25, -0.2) is 18.2 Å². The minimum absolute atomic E-state index is 0.173. The first kappa shape index (κ1) is 15.4. The monoisotopic (exact) mass is 319 g/mol. The molecule has 1 N–H and O–H groups in total. The van der Waals surface area contributed by atoms with E-state index in [2.05, 4.69) is 9.88 Å². The van der Waals surface area contributed by atoms with Gasteiger partial charge in [0.1, 0.15) is 0 Å². The van der Waals surface area contributed by atoms with Crippen LogP contribution in [0.4, 0.5) is 0 Å². The lowest BCUT2D eigenvalue weighted by atomic mass is 10.1. The first-order valence-corrected chi connectivity index (χ1v) is 8.49. The molecule has 1 aromatic rings. The van der Waals surface area contributed by atoms with Gasteiger partial charge < -0.3 is 10.0 Å². The zero-order valence-corrected chi connectivity index (χ0v) is 12.9. The number of piperidine rings is 1. The normalized spacial score (nSPS) is 18.6. The fourth-order valence-electron chi connectivity index (χ4n) is 2.28. The third-order valence-electron chi connectivity index (χ3n) is 3.47. The number of carboxylic acids is 1. The second kappa shape index (κ2) is 5.76. The summed E-state index contributed by atoms with van der Waals surface area (Å²) >= 11 is 0.854. The van der Waals surface area contributed by atoms with E-state index in [1.807, 2.05) is 14.1 Å². The summed E-state index contributed by atoms with van der Waals surface area (Å²) in [6, 6.07) is 0.363. The molecule has 2 heterocycles. The average Bonchev–Trinajstić information content (AvgIpc) is 2.89. The van der Waals surface area contributed by atoms with Crippen LogP contribution >= 0.6 is 11.3 Å². The lowest BCUT2D eigenvalue weighted by Crippen LogP contribution is -2.44. The van der Waals surface area contributed by atoms with Crippen molar-refractivity contribution < 1.29 is 18.3 Å². The van der Waals surface area contributed by atoms with E-state index in [1.165, 1.54) is 9.82 Å². The van der Waals surface area contributed by atoms with E-state index in [0.29, 0.717) is 19.1 Å². The largest absolute Gasteiger partial charge is 0.476 e. The Morgan fingerprint density at radius 1 is 1.45 bits per heavy atom. The van der Waals surface area contributed by atoms with Crippen molar-refractivity contribution in [3.05, 3.63) is 11.2 Å². The molecular formula is C11H17N3O4S2. The minimum Gasteiger partial charge on any atom is -0.476 e. The van der Waals surface area contributed by atoms with Crippen molar-refractivity contribution >= 4 is 27.3 Å². The van der Waals surface area contributed by atoms with Crippen LogP contribution in [0.1, 0.15) is 23.3 Å². The zero-order valence-electron chi connectivity index (χ0n) is 11.3. The second-order valence-corrected chi connectivity index (χ2v) is 7.88. The molecule has 1 saturated heterocycles. The number of hydrogen-bond acceptors (Lipinski definition) is 6. The van der Waals surface area contributed by atoms with Crippen LogP contribution in [0.5, 0.6) is 0 Å². The van der Waals surface area contributed by atoms with Gasteiger partial charge in [-0.1, -0.05) is 0 Å². The fourth-order valence-corrected chi connectivity index (χ4v) is 5.02. The summed E-state index contributed by atoms with van der Waals surface area (Å²) in [5.74, 6) is -1.31. The van der Waals surface area contributed by atoms with Crippen molar-refractivity contribution in [2.24, 2.45) is 0 Å². The molecule has 0 unspecified atom stereocenters. The summed E-state index contributed by atoms with van der Waals surface area (Å²) in [5, 5.41) is 8.99. The molecule has 1 aliphatic rings. The number of sulfonamides is 1. The molecule has 0 radical (unpaired) electrons. The third kappa shape index (κ3) is 2.85. The Morgan fingerprint density at radius 3 is 2.55 bits per heavy atom. The maximum absolute atomic E-state index is 12.5. The topological polar surface area (TPSA) is 90.8 Å². The summed E-state index contributed by atoms with van der Waals surface area (Å²) in [4.78, 5) is 16.7. The van der Waals surface area contributed by atoms with E-state index < -0.39 is 16.0 Å². The van der Waals surface area contributed by atoms with Crippen molar-refractivity contribution in [1.29, 1.82) is 0 Å². The molecule has 1 aromatic heterocycles. The first-order chi connectivity index (χ1) is 9.34. The standard InChI is InChI=1S/C11H17N3O4S2/c1-13(2)8-3-5-14(6-4-8)20(17,18)11-9(10(15)16)12-7-19-11/h7-8H,3-6H2,1-2H3,(H,15,16). The number of rotatable bonds is 4. The highest BCUT2D eigenvalue weighted by atomic mass is 32.2. The molecule has 1 fully saturated rings. The van der Waals surface area contributed by atoms with Crippen molar-refractivity contribution in [2.75, 3.05) is 27.2 Å². The van der Waals surface area contributed by atoms with E-state index in [1.54, 1.807) is 0 Å². The van der Waals surface area contributed by atoms with E-state index in [-0.39, 0.29) is 9.90 Å². The molecule has 0 bridgehead atoms. The van der Waals surface area contributed by atoms with Crippen LogP contribution in [-0.4, -0.2) is 66.9 Å². The molecule has 0 aliphatic carbocycles. The Balaban J connectivity index is 2.20. The third-order valence-corrected chi connectivity index (χ3v) is 6.71. The van der Waals surface area contributed by atoms with Crippen LogP contribution in [0.3, 0.4) is 0 Å². The number of nitrogens with zero attached hydrogens (tertiary/aromatic N) is 3. The van der Waals surface area contributed by atoms with Crippen molar-refractivity contribution in [3.8, 4) is 0 Å². The minimum atomic E-state index is -3.75. The lowest BCUT2D eigenvalue weighted by molar-refractivity contribution is 0.0687. The van der Waals surface area contributed by atoms with Gasteiger partial charge in [-0.2, -0.15) is 4.31 Å². The Kier molecular flexibility index (Phi) is 4.43. The van der Waals surface area contributed by atoms with Crippen LogP contribution in [0.15, 0.2) is 9.72 Å². The first-order valence-electron chi connectivity index (χ1n) is 6.17. The van der Waals surface area contributed by atoms with Crippen LogP contribution in [0.2, 0.25) is 0 Å². The highest BCUT2D eigenvalue weighted by Crippen LogP contribution is 2.27. The maximum atomic E-state index is 12.5. The summed E-state index contributed by atoms with van der Waals surface area (Å²) < 4.78 is 26.1. The predicted molar refractivity (Wildman–Crippen MR) is 74.5 cm³/mol. The highest BCUT2D eigenvalue weighted by Gasteiger charge is 2.34. The number of aromatic carboxylic acids is 1. The fraction of sp³-hybridized carbons (Fsp3) is 0.636.